The number of nitrogens with zero attached hydrogens (tertiary/aromatic N) is 3. The third-order valence-electron chi connectivity index (χ3n) is 5.15. The molecule has 30 heavy (non-hydrogen) atoms. The fourth-order valence-corrected chi connectivity index (χ4v) is 4.26. The first kappa shape index (κ1) is 22.5. The second-order valence-electron chi connectivity index (χ2n) is 8.91. The predicted octanol–water partition coefficient (Wildman–Crippen LogP) is 4.03. The minimum Gasteiger partial charge on any atom is -0.598 e. The van der Waals surface area contributed by atoms with Crippen molar-refractivity contribution in [1.29, 1.82) is 0 Å². The van der Waals surface area contributed by atoms with E-state index in [-0.39, 0.29) is 11.6 Å². The zero-order chi connectivity index (χ0) is 22.4. The largest absolute Gasteiger partial charge is 0.598 e. The van der Waals surface area contributed by atoms with Crippen molar-refractivity contribution >= 4 is 22.3 Å². The molecule has 2 heterocycles. The quantitative estimate of drug-likeness (QED) is 0.637. The van der Waals surface area contributed by atoms with E-state index in [2.05, 4.69) is 9.71 Å². The van der Waals surface area contributed by atoms with Crippen molar-refractivity contribution < 1.29 is 4.55 Å². The molecule has 0 bridgehead atoms. The lowest BCUT2D eigenvalue weighted by Gasteiger charge is -2.27. The van der Waals surface area contributed by atoms with E-state index in [4.69, 9.17) is 4.98 Å². The average molecular weight is 427 g/mol. The average Bonchev–Trinajstić information content (AvgIpc) is 2.64. The van der Waals surface area contributed by atoms with Crippen LogP contribution in [0.4, 0.5) is 0 Å². The first-order chi connectivity index (χ1) is 13.9. The van der Waals surface area contributed by atoms with Crippen LogP contribution in [-0.2, 0) is 18.4 Å². The third-order valence-corrected chi connectivity index (χ3v) is 6.83. The summed E-state index contributed by atoms with van der Waals surface area (Å²) in [5, 5.41) is 0.559. The first-order valence-corrected chi connectivity index (χ1v) is 11.2. The molecule has 2 aromatic heterocycles. The topological polar surface area (TPSA) is 82.9 Å². The van der Waals surface area contributed by atoms with Gasteiger partial charge in [0.15, 0.2) is 0 Å². The predicted molar refractivity (Wildman–Crippen MR) is 124 cm³/mol. The lowest BCUT2D eigenvalue weighted by molar-refractivity contribution is 0.531. The molecule has 3 aromatic rings. The van der Waals surface area contributed by atoms with Gasteiger partial charge in [-0.25, -0.2) is 4.98 Å². The highest BCUT2D eigenvalue weighted by Crippen LogP contribution is 2.28. The van der Waals surface area contributed by atoms with Gasteiger partial charge in [0.2, 0.25) is 0 Å². The molecular weight excluding hydrogens is 396 g/mol. The molecule has 160 valence electrons. The summed E-state index contributed by atoms with van der Waals surface area (Å²) in [5.74, 6) is 0.576. The van der Waals surface area contributed by atoms with Gasteiger partial charge in [0.05, 0.1) is 16.9 Å². The first-order valence-electron chi connectivity index (χ1n) is 10.0. The van der Waals surface area contributed by atoms with E-state index >= 15 is 0 Å². The van der Waals surface area contributed by atoms with Crippen molar-refractivity contribution in [3.63, 3.8) is 0 Å². The van der Waals surface area contributed by atoms with Crippen LogP contribution in [0.2, 0.25) is 0 Å². The van der Waals surface area contributed by atoms with Crippen molar-refractivity contribution in [1.82, 2.24) is 19.3 Å². The van der Waals surface area contributed by atoms with Crippen LogP contribution in [0.25, 0.3) is 22.3 Å². The van der Waals surface area contributed by atoms with Crippen LogP contribution in [0.15, 0.2) is 29.2 Å². The molecule has 0 aliphatic carbocycles. The minimum absolute atomic E-state index is 0.107. The Morgan fingerprint density at radius 3 is 2.43 bits per heavy atom. The number of pyridine rings is 1. The number of aryl methyl sites for hydroxylation is 3. The molecule has 0 aliphatic rings. The van der Waals surface area contributed by atoms with Gasteiger partial charge in [0.25, 0.3) is 5.56 Å². The van der Waals surface area contributed by atoms with Gasteiger partial charge >= 0.3 is 0 Å². The fourth-order valence-electron chi connectivity index (χ4n) is 3.45. The Kier molecular flexibility index (Phi) is 6.09. The molecule has 0 fully saturated rings. The second kappa shape index (κ2) is 8.13. The molecule has 0 saturated heterocycles. The molecule has 2 unspecified atom stereocenters. The highest BCUT2D eigenvalue weighted by Gasteiger charge is 2.29. The monoisotopic (exact) mass is 426 g/mol. The number of hydrogen-bond donors (Lipinski definition) is 1. The molecular formula is C23H30N4O2S. The summed E-state index contributed by atoms with van der Waals surface area (Å²) in [4.78, 5) is 22.5. The van der Waals surface area contributed by atoms with Gasteiger partial charge in [-0.2, -0.15) is 0 Å². The van der Waals surface area contributed by atoms with E-state index in [0.29, 0.717) is 16.7 Å². The van der Waals surface area contributed by atoms with Crippen LogP contribution in [0.1, 0.15) is 56.1 Å². The maximum absolute atomic E-state index is 13.2. The van der Waals surface area contributed by atoms with E-state index in [1.165, 1.54) is 0 Å². The van der Waals surface area contributed by atoms with Crippen molar-refractivity contribution in [2.75, 3.05) is 0 Å². The molecule has 1 aromatic carbocycles. The van der Waals surface area contributed by atoms with Crippen LogP contribution in [0.5, 0.6) is 0 Å². The van der Waals surface area contributed by atoms with Crippen LogP contribution in [0, 0.1) is 20.8 Å². The molecule has 0 spiro atoms. The van der Waals surface area contributed by atoms with Gasteiger partial charge < -0.3 is 4.55 Å². The number of hydrogen-bond acceptors (Lipinski definition) is 5. The van der Waals surface area contributed by atoms with Crippen molar-refractivity contribution in [2.45, 2.75) is 59.3 Å². The molecule has 0 aliphatic heterocycles. The summed E-state index contributed by atoms with van der Waals surface area (Å²) in [6.45, 7) is 13.6. The molecule has 3 rings (SSSR count). The van der Waals surface area contributed by atoms with Crippen LogP contribution >= 0.6 is 0 Å². The molecule has 0 radical (unpaired) electrons. The Bertz CT molecular complexity index is 1160. The van der Waals surface area contributed by atoms with Crippen molar-refractivity contribution in [3.05, 3.63) is 57.1 Å². The molecule has 1 N–H and O–H groups in total. The fraction of sp³-hybridized carbons (Fsp3) is 0.435. The van der Waals surface area contributed by atoms with Crippen LogP contribution in [-0.4, -0.2) is 23.8 Å². The molecule has 2 atom stereocenters. The Labute approximate surface area is 181 Å². The number of aromatic nitrogens is 3. The summed E-state index contributed by atoms with van der Waals surface area (Å²) in [7, 11) is 1.74. The van der Waals surface area contributed by atoms with Crippen molar-refractivity contribution in [2.24, 2.45) is 7.05 Å². The summed E-state index contributed by atoms with van der Waals surface area (Å²) >= 11 is -1.25. The summed E-state index contributed by atoms with van der Waals surface area (Å²) in [6, 6.07) is 5.62. The third kappa shape index (κ3) is 4.29. The lowest BCUT2D eigenvalue weighted by atomic mass is 10.0. The highest BCUT2D eigenvalue weighted by molar-refractivity contribution is 7.90. The smallest absolute Gasteiger partial charge is 0.261 e. The van der Waals surface area contributed by atoms with Gasteiger partial charge in [0, 0.05) is 41.4 Å². The second-order valence-corrected chi connectivity index (χ2v) is 10.9. The highest BCUT2D eigenvalue weighted by atomic mass is 32.2. The Morgan fingerprint density at radius 2 is 1.83 bits per heavy atom. The number of fused-ring (bicyclic) bond motifs is 1. The number of rotatable bonds is 4. The number of benzene rings is 1. The van der Waals surface area contributed by atoms with Crippen molar-refractivity contribution in [3.8, 4) is 11.4 Å². The normalized spacial score (nSPS) is 14.2. The van der Waals surface area contributed by atoms with E-state index in [1.807, 2.05) is 66.7 Å². The molecule has 6 nitrogen and oxygen atoms in total. The Balaban J connectivity index is 2.24. The number of nitrogens with one attached hydrogen (secondary N) is 1. The van der Waals surface area contributed by atoms with E-state index < -0.39 is 16.1 Å². The Morgan fingerprint density at radius 1 is 1.17 bits per heavy atom. The summed E-state index contributed by atoms with van der Waals surface area (Å²) in [6.07, 6.45) is 1.77. The molecule has 0 saturated carbocycles. The van der Waals surface area contributed by atoms with Gasteiger partial charge in [-0.05, 0) is 71.7 Å². The van der Waals surface area contributed by atoms with Crippen LogP contribution < -0.4 is 10.3 Å². The SMILES string of the molecule is Cc1cc(C(C)N[S+]([O-])C(C)(C)C)c2nc(-c3cnc(C)cc3C)n(C)c(=O)c2c1. The van der Waals surface area contributed by atoms with Crippen LogP contribution in [0.3, 0.4) is 0 Å². The van der Waals surface area contributed by atoms with E-state index in [0.717, 1.165) is 27.9 Å². The van der Waals surface area contributed by atoms with E-state index in [1.54, 1.807) is 17.8 Å². The zero-order valence-electron chi connectivity index (χ0n) is 19.0. The molecule has 0 amide bonds. The van der Waals surface area contributed by atoms with E-state index in [9.17, 15) is 9.35 Å². The lowest BCUT2D eigenvalue weighted by Crippen LogP contribution is -2.40. The van der Waals surface area contributed by atoms with Gasteiger partial charge in [-0.15, -0.1) is 4.72 Å². The summed E-state index contributed by atoms with van der Waals surface area (Å²) in [5.41, 5.74) is 5.10. The van der Waals surface area contributed by atoms with Gasteiger partial charge in [-0.1, -0.05) is 6.07 Å². The zero-order valence-corrected chi connectivity index (χ0v) is 19.8. The molecule has 7 heteroatoms. The standard InChI is InChI=1S/C23H30N4O2S/c1-13-9-17(16(4)26-30(29)23(5,6)7)20-18(10-13)22(28)27(8)21(25-20)19-12-24-15(3)11-14(19)2/h9-12,16,26H,1-8H3. The maximum Gasteiger partial charge on any atom is 0.261 e. The van der Waals surface area contributed by atoms with Gasteiger partial charge in [0.1, 0.15) is 10.6 Å². The van der Waals surface area contributed by atoms with Gasteiger partial charge in [-0.3, -0.25) is 14.3 Å². The summed E-state index contributed by atoms with van der Waals surface area (Å²) < 4.78 is 17.0. The Hall–Kier alpha value is -2.22. The maximum atomic E-state index is 13.2. The minimum atomic E-state index is -1.25.